The quantitative estimate of drug-likeness (QED) is 0.759. The van der Waals surface area contributed by atoms with E-state index in [1.54, 1.807) is 0 Å². The zero-order chi connectivity index (χ0) is 13.8. The van der Waals surface area contributed by atoms with Gasteiger partial charge in [0.25, 0.3) is 5.91 Å². The molecular formula is C14H18Br2N2O. The van der Waals surface area contributed by atoms with Gasteiger partial charge in [-0.3, -0.25) is 4.79 Å². The van der Waals surface area contributed by atoms with Gasteiger partial charge in [0.2, 0.25) is 0 Å². The van der Waals surface area contributed by atoms with E-state index in [0.29, 0.717) is 5.56 Å². The van der Waals surface area contributed by atoms with Crippen LogP contribution in [0.1, 0.15) is 42.5 Å². The van der Waals surface area contributed by atoms with Crippen molar-refractivity contribution < 1.29 is 4.79 Å². The summed E-state index contributed by atoms with van der Waals surface area (Å²) in [4.78, 5) is 12.3. The van der Waals surface area contributed by atoms with Crippen molar-refractivity contribution >= 4 is 37.8 Å². The molecule has 1 saturated carbocycles. The van der Waals surface area contributed by atoms with Crippen molar-refractivity contribution in [1.29, 1.82) is 0 Å². The van der Waals surface area contributed by atoms with Gasteiger partial charge >= 0.3 is 0 Å². The van der Waals surface area contributed by atoms with Crippen molar-refractivity contribution in [2.45, 2.75) is 44.2 Å². The maximum Gasteiger partial charge on any atom is 0.251 e. The van der Waals surface area contributed by atoms with Crippen LogP contribution in [0.2, 0.25) is 0 Å². The van der Waals surface area contributed by atoms with E-state index in [1.165, 1.54) is 6.42 Å². The number of carbonyl (C=O) groups excluding carboxylic acids is 1. The standard InChI is InChI=1S/C14H18Br2N2O/c15-10-6-9(7-11(16)8-10)14(19)18-13-5-3-1-2-4-12(13)17/h6-8,12-13H,1-5,17H2,(H,18,19). The minimum atomic E-state index is -0.0515. The number of nitrogens with two attached hydrogens (primary N) is 1. The van der Waals surface area contributed by atoms with Crippen molar-refractivity contribution in [2.75, 3.05) is 0 Å². The second-order valence-electron chi connectivity index (χ2n) is 5.04. The number of halogens is 2. The van der Waals surface area contributed by atoms with E-state index in [1.807, 2.05) is 18.2 Å². The van der Waals surface area contributed by atoms with Gasteiger partial charge in [0.1, 0.15) is 0 Å². The third-order valence-corrected chi connectivity index (χ3v) is 4.43. The first-order chi connectivity index (χ1) is 9.06. The smallest absolute Gasteiger partial charge is 0.251 e. The van der Waals surface area contributed by atoms with Gasteiger partial charge in [0.15, 0.2) is 0 Å². The monoisotopic (exact) mass is 388 g/mol. The number of benzene rings is 1. The first-order valence-corrected chi connectivity index (χ1v) is 8.17. The van der Waals surface area contributed by atoms with Gasteiger partial charge in [0.05, 0.1) is 0 Å². The lowest BCUT2D eigenvalue weighted by molar-refractivity contribution is 0.0928. The predicted molar refractivity (Wildman–Crippen MR) is 84.2 cm³/mol. The molecule has 0 heterocycles. The van der Waals surface area contributed by atoms with E-state index in [9.17, 15) is 4.79 Å². The molecule has 104 valence electrons. The summed E-state index contributed by atoms with van der Waals surface area (Å²) in [5.41, 5.74) is 6.78. The number of hydrogen-bond acceptors (Lipinski definition) is 2. The van der Waals surface area contributed by atoms with Crippen LogP contribution in [0, 0.1) is 0 Å². The van der Waals surface area contributed by atoms with E-state index in [4.69, 9.17) is 5.73 Å². The van der Waals surface area contributed by atoms with Gasteiger partial charge in [0, 0.05) is 26.6 Å². The van der Waals surface area contributed by atoms with Crippen LogP contribution in [-0.4, -0.2) is 18.0 Å². The molecule has 19 heavy (non-hydrogen) atoms. The molecule has 1 aliphatic carbocycles. The summed E-state index contributed by atoms with van der Waals surface area (Å²) in [6.45, 7) is 0. The summed E-state index contributed by atoms with van der Waals surface area (Å²) < 4.78 is 1.77. The van der Waals surface area contributed by atoms with Crippen LogP contribution >= 0.6 is 31.9 Å². The van der Waals surface area contributed by atoms with E-state index in [-0.39, 0.29) is 18.0 Å². The molecule has 0 radical (unpaired) electrons. The van der Waals surface area contributed by atoms with Gasteiger partial charge in [-0.1, -0.05) is 51.1 Å². The normalized spacial score (nSPS) is 23.7. The van der Waals surface area contributed by atoms with Gasteiger partial charge in [-0.15, -0.1) is 0 Å². The lowest BCUT2D eigenvalue weighted by Crippen LogP contribution is -2.46. The Balaban J connectivity index is 2.07. The Morgan fingerprint density at radius 2 is 1.74 bits per heavy atom. The average molecular weight is 390 g/mol. The van der Waals surface area contributed by atoms with Crippen LogP contribution in [0.3, 0.4) is 0 Å². The summed E-state index contributed by atoms with van der Waals surface area (Å²) in [7, 11) is 0. The maximum absolute atomic E-state index is 12.3. The second kappa shape index (κ2) is 6.86. The van der Waals surface area contributed by atoms with Crippen molar-refractivity contribution in [3.63, 3.8) is 0 Å². The van der Waals surface area contributed by atoms with Crippen molar-refractivity contribution in [3.05, 3.63) is 32.7 Å². The van der Waals surface area contributed by atoms with Crippen molar-refractivity contribution in [2.24, 2.45) is 5.73 Å². The van der Waals surface area contributed by atoms with Crippen LogP contribution < -0.4 is 11.1 Å². The lowest BCUT2D eigenvalue weighted by atomic mass is 10.0. The lowest BCUT2D eigenvalue weighted by Gasteiger charge is -2.22. The second-order valence-corrected chi connectivity index (χ2v) is 6.87. The highest BCUT2D eigenvalue weighted by Crippen LogP contribution is 2.21. The number of nitrogens with one attached hydrogen (secondary N) is 1. The van der Waals surface area contributed by atoms with Gasteiger partial charge in [-0.25, -0.2) is 0 Å². The van der Waals surface area contributed by atoms with E-state index < -0.39 is 0 Å². The van der Waals surface area contributed by atoms with Crippen molar-refractivity contribution in [3.8, 4) is 0 Å². The molecule has 3 N–H and O–H groups in total. The molecule has 1 amide bonds. The predicted octanol–water partition coefficient (Wildman–Crippen LogP) is 3.60. The molecule has 5 heteroatoms. The Morgan fingerprint density at radius 1 is 1.11 bits per heavy atom. The zero-order valence-electron chi connectivity index (χ0n) is 10.7. The van der Waals surface area contributed by atoms with Crippen LogP contribution in [0.4, 0.5) is 0 Å². The Hall–Kier alpha value is -0.390. The molecule has 0 spiro atoms. The van der Waals surface area contributed by atoms with Crippen LogP contribution in [-0.2, 0) is 0 Å². The molecule has 1 fully saturated rings. The van der Waals surface area contributed by atoms with Crippen LogP contribution in [0.5, 0.6) is 0 Å². The Labute approximate surface area is 130 Å². The molecule has 2 rings (SSSR count). The molecule has 0 aliphatic heterocycles. The molecule has 2 unspecified atom stereocenters. The molecule has 3 nitrogen and oxygen atoms in total. The molecule has 0 aromatic heterocycles. The minimum Gasteiger partial charge on any atom is -0.348 e. The first kappa shape index (κ1) is 15.0. The van der Waals surface area contributed by atoms with Crippen LogP contribution in [0.25, 0.3) is 0 Å². The zero-order valence-corrected chi connectivity index (χ0v) is 13.8. The van der Waals surface area contributed by atoms with E-state index >= 15 is 0 Å². The molecular weight excluding hydrogens is 372 g/mol. The highest BCUT2D eigenvalue weighted by molar-refractivity contribution is 9.11. The molecule has 1 aliphatic rings. The largest absolute Gasteiger partial charge is 0.348 e. The average Bonchev–Trinajstić information content (AvgIpc) is 2.54. The summed E-state index contributed by atoms with van der Waals surface area (Å²) in [5, 5.41) is 3.07. The fraction of sp³-hybridized carbons (Fsp3) is 0.500. The summed E-state index contributed by atoms with van der Waals surface area (Å²) in [6, 6.07) is 5.72. The molecule has 1 aromatic rings. The first-order valence-electron chi connectivity index (χ1n) is 6.59. The third kappa shape index (κ3) is 4.29. The summed E-state index contributed by atoms with van der Waals surface area (Å²) >= 11 is 6.79. The SMILES string of the molecule is NC1CCCCCC1NC(=O)c1cc(Br)cc(Br)c1. The van der Waals surface area contributed by atoms with Gasteiger partial charge in [-0.2, -0.15) is 0 Å². The molecule has 1 aromatic carbocycles. The Morgan fingerprint density at radius 3 is 2.42 bits per heavy atom. The fourth-order valence-electron chi connectivity index (χ4n) is 2.45. The fourth-order valence-corrected chi connectivity index (χ4v) is 3.75. The summed E-state index contributed by atoms with van der Waals surface area (Å²) in [6.07, 6.45) is 5.48. The topological polar surface area (TPSA) is 55.1 Å². The molecule has 0 saturated heterocycles. The highest BCUT2D eigenvalue weighted by Gasteiger charge is 2.22. The van der Waals surface area contributed by atoms with E-state index in [2.05, 4.69) is 37.2 Å². The van der Waals surface area contributed by atoms with Gasteiger partial charge < -0.3 is 11.1 Å². The van der Waals surface area contributed by atoms with E-state index in [0.717, 1.165) is 34.6 Å². The molecule has 0 bridgehead atoms. The van der Waals surface area contributed by atoms with Crippen LogP contribution in [0.15, 0.2) is 27.1 Å². The Kier molecular flexibility index (Phi) is 5.42. The Bertz CT molecular complexity index is 445. The highest BCUT2D eigenvalue weighted by atomic mass is 79.9. The third-order valence-electron chi connectivity index (χ3n) is 3.51. The number of amides is 1. The number of carbonyl (C=O) groups is 1. The van der Waals surface area contributed by atoms with Gasteiger partial charge in [-0.05, 0) is 31.0 Å². The molecule has 2 atom stereocenters. The number of hydrogen-bond donors (Lipinski definition) is 2. The maximum atomic E-state index is 12.3. The number of rotatable bonds is 2. The summed E-state index contributed by atoms with van der Waals surface area (Å²) in [5.74, 6) is -0.0515. The minimum absolute atomic E-state index is 0.0515. The van der Waals surface area contributed by atoms with Crippen molar-refractivity contribution in [1.82, 2.24) is 5.32 Å².